The second kappa shape index (κ2) is 7.97. The average molecular weight is 407 g/mol. The van der Waals surface area contributed by atoms with E-state index in [2.05, 4.69) is 5.32 Å². The van der Waals surface area contributed by atoms with E-state index in [0.29, 0.717) is 34.3 Å². The van der Waals surface area contributed by atoms with Gasteiger partial charge in [0.05, 0.1) is 12.2 Å². The maximum Gasteiger partial charge on any atom is 0.265 e. The zero-order chi connectivity index (χ0) is 20.4. The fourth-order valence-electron chi connectivity index (χ4n) is 3.13. The Balaban J connectivity index is 1.59. The molecule has 146 valence electrons. The van der Waals surface area contributed by atoms with Crippen molar-refractivity contribution in [2.24, 2.45) is 0 Å². The Labute approximate surface area is 173 Å². The number of hydrogen-bond donors (Lipinski definition) is 1. The van der Waals surface area contributed by atoms with Gasteiger partial charge in [0.1, 0.15) is 5.75 Å². The van der Waals surface area contributed by atoms with Gasteiger partial charge in [-0.1, -0.05) is 41.4 Å². The van der Waals surface area contributed by atoms with Gasteiger partial charge in [0.25, 0.3) is 11.8 Å². The van der Waals surface area contributed by atoms with E-state index in [4.69, 9.17) is 16.3 Å². The third kappa shape index (κ3) is 4.25. The summed E-state index contributed by atoms with van der Waals surface area (Å²) >= 11 is 5.88. The molecule has 3 aromatic rings. The molecule has 3 aromatic carbocycles. The maximum absolute atomic E-state index is 12.5. The Kier molecular flexibility index (Phi) is 5.23. The Morgan fingerprint density at radius 3 is 2.52 bits per heavy atom. The molecule has 2 amide bonds. The van der Waals surface area contributed by atoms with E-state index in [1.807, 2.05) is 31.2 Å². The maximum atomic E-state index is 12.5. The van der Waals surface area contributed by atoms with Gasteiger partial charge in [-0.3, -0.25) is 9.59 Å². The molecule has 5 nitrogen and oxygen atoms in total. The second-order valence-electron chi connectivity index (χ2n) is 6.90. The van der Waals surface area contributed by atoms with Gasteiger partial charge in [-0.2, -0.15) is 0 Å². The third-order valence-corrected chi connectivity index (χ3v) is 4.98. The van der Waals surface area contributed by atoms with Crippen molar-refractivity contribution >= 4 is 34.8 Å². The summed E-state index contributed by atoms with van der Waals surface area (Å²) in [5.41, 5.74) is 3.89. The number of hydrogen-bond acceptors (Lipinski definition) is 3. The first-order valence-corrected chi connectivity index (χ1v) is 9.57. The van der Waals surface area contributed by atoms with Crippen LogP contribution in [0.15, 0.2) is 66.7 Å². The summed E-state index contributed by atoms with van der Waals surface area (Å²) in [7, 11) is 0. The van der Waals surface area contributed by atoms with E-state index in [0.717, 1.165) is 11.1 Å². The van der Waals surface area contributed by atoms with Gasteiger partial charge >= 0.3 is 0 Å². The number of ether oxygens (including phenoxy) is 1. The van der Waals surface area contributed by atoms with Gasteiger partial charge in [0.2, 0.25) is 0 Å². The van der Waals surface area contributed by atoms with Crippen LogP contribution in [0.4, 0.5) is 11.4 Å². The zero-order valence-corrected chi connectivity index (χ0v) is 16.6. The number of fused-ring (bicyclic) bond motifs is 1. The minimum atomic E-state index is -0.255. The lowest BCUT2D eigenvalue weighted by Crippen LogP contribution is -2.38. The van der Waals surface area contributed by atoms with E-state index in [1.54, 1.807) is 47.4 Å². The number of amides is 2. The van der Waals surface area contributed by atoms with E-state index in [1.165, 1.54) is 0 Å². The van der Waals surface area contributed by atoms with Crippen LogP contribution in [0.25, 0.3) is 0 Å². The van der Waals surface area contributed by atoms with Crippen molar-refractivity contribution in [3.8, 4) is 5.75 Å². The molecule has 0 saturated heterocycles. The molecule has 0 bridgehead atoms. The average Bonchev–Trinajstić information content (AvgIpc) is 2.72. The SMILES string of the molecule is Cc1ccc(CN2C(=O)COc3ccc(NC(=O)c4ccc(Cl)cc4)cc32)cc1. The Morgan fingerprint density at radius 2 is 1.79 bits per heavy atom. The number of halogens is 1. The van der Waals surface area contributed by atoms with Crippen molar-refractivity contribution in [2.45, 2.75) is 13.5 Å². The van der Waals surface area contributed by atoms with Crippen molar-refractivity contribution < 1.29 is 14.3 Å². The summed E-state index contributed by atoms with van der Waals surface area (Å²) in [6.45, 7) is 2.45. The predicted octanol–water partition coefficient (Wildman–Crippen LogP) is 4.83. The lowest BCUT2D eigenvalue weighted by atomic mass is 10.1. The topological polar surface area (TPSA) is 58.6 Å². The molecule has 6 heteroatoms. The molecule has 4 rings (SSSR count). The van der Waals surface area contributed by atoms with Crippen molar-refractivity contribution in [3.63, 3.8) is 0 Å². The first kappa shape index (κ1) is 19.0. The molecular formula is C23H19ClN2O3. The van der Waals surface area contributed by atoms with Crippen LogP contribution in [0.2, 0.25) is 5.02 Å². The normalized spacial score (nSPS) is 12.9. The highest BCUT2D eigenvalue weighted by molar-refractivity contribution is 6.30. The highest BCUT2D eigenvalue weighted by Crippen LogP contribution is 2.35. The molecule has 0 saturated carbocycles. The molecule has 29 heavy (non-hydrogen) atoms. The molecule has 0 unspecified atom stereocenters. The molecule has 1 heterocycles. The number of carbonyl (C=O) groups is 2. The van der Waals surface area contributed by atoms with Crippen LogP contribution in [0.1, 0.15) is 21.5 Å². The first-order valence-electron chi connectivity index (χ1n) is 9.19. The molecule has 0 radical (unpaired) electrons. The molecule has 0 spiro atoms. The van der Waals surface area contributed by atoms with Gasteiger partial charge in [-0.25, -0.2) is 0 Å². The Bertz CT molecular complexity index is 1060. The molecule has 1 aliphatic heterocycles. The smallest absolute Gasteiger partial charge is 0.265 e. The zero-order valence-electron chi connectivity index (χ0n) is 15.8. The summed E-state index contributed by atoms with van der Waals surface area (Å²) in [6.07, 6.45) is 0. The predicted molar refractivity (Wildman–Crippen MR) is 114 cm³/mol. The van der Waals surface area contributed by atoms with Gasteiger partial charge in [0.15, 0.2) is 6.61 Å². The minimum Gasteiger partial charge on any atom is -0.482 e. The summed E-state index contributed by atoms with van der Waals surface area (Å²) < 4.78 is 5.56. The summed E-state index contributed by atoms with van der Waals surface area (Å²) in [6, 6.07) is 20.0. The van der Waals surface area contributed by atoms with E-state index in [-0.39, 0.29) is 18.4 Å². The quantitative estimate of drug-likeness (QED) is 0.675. The Morgan fingerprint density at radius 1 is 1.07 bits per heavy atom. The van der Waals surface area contributed by atoms with E-state index < -0.39 is 0 Å². The Hall–Kier alpha value is -3.31. The molecule has 0 aliphatic carbocycles. The fraction of sp³-hybridized carbons (Fsp3) is 0.130. The number of benzene rings is 3. The molecule has 0 fully saturated rings. The van der Waals surface area contributed by atoms with Crippen molar-refractivity contribution in [3.05, 3.63) is 88.4 Å². The lowest BCUT2D eigenvalue weighted by molar-refractivity contribution is -0.121. The van der Waals surface area contributed by atoms with Crippen LogP contribution in [-0.4, -0.2) is 18.4 Å². The monoisotopic (exact) mass is 406 g/mol. The van der Waals surface area contributed by atoms with Crippen LogP contribution in [0.5, 0.6) is 5.75 Å². The van der Waals surface area contributed by atoms with Gasteiger partial charge in [-0.15, -0.1) is 0 Å². The molecule has 0 atom stereocenters. The largest absolute Gasteiger partial charge is 0.482 e. The van der Waals surface area contributed by atoms with Crippen molar-refractivity contribution in [1.82, 2.24) is 0 Å². The van der Waals surface area contributed by atoms with Crippen molar-refractivity contribution in [1.29, 1.82) is 0 Å². The van der Waals surface area contributed by atoms with Gasteiger partial charge in [0, 0.05) is 16.3 Å². The summed E-state index contributed by atoms with van der Waals surface area (Å²) in [5.74, 6) is 0.232. The highest BCUT2D eigenvalue weighted by atomic mass is 35.5. The van der Waals surface area contributed by atoms with Crippen LogP contribution >= 0.6 is 11.6 Å². The van der Waals surface area contributed by atoms with Gasteiger partial charge in [-0.05, 0) is 55.0 Å². The summed E-state index contributed by atoms with van der Waals surface area (Å²) in [5, 5.41) is 3.43. The molecular weight excluding hydrogens is 388 g/mol. The second-order valence-corrected chi connectivity index (χ2v) is 7.33. The fourth-order valence-corrected chi connectivity index (χ4v) is 3.26. The van der Waals surface area contributed by atoms with E-state index >= 15 is 0 Å². The van der Waals surface area contributed by atoms with E-state index in [9.17, 15) is 9.59 Å². The van der Waals surface area contributed by atoms with Crippen LogP contribution in [-0.2, 0) is 11.3 Å². The number of anilines is 2. The number of nitrogens with one attached hydrogen (secondary N) is 1. The third-order valence-electron chi connectivity index (χ3n) is 4.73. The first-order chi connectivity index (χ1) is 14.0. The minimum absolute atomic E-state index is 0.00462. The van der Waals surface area contributed by atoms with Gasteiger partial charge < -0.3 is 15.0 Å². The van der Waals surface area contributed by atoms with Crippen LogP contribution in [0, 0.1) is 6.92 Å². The lowest BCUT2D eigenvalue weighted by Gasteiger charge is -2.30. The number of carbonyl (C=O) groups excluding carboxylic acids is 2. The van der Waals surface area contributed by atoms with Crippen LogP contribution < -0.4 is 15.0 Å². The molecule has 1 N–H and O–H groups in total. The molecule has 0 aromatic heterocycles. The number of aryl methyl sites for hydroxylation is 1. The summed E-state index contributed by atoms with van der Waals surface area (Å²) in [4.78, 5) is 26.7. The van der Waals surface area contributed by atoms with Crippen LogP contribution in [0.3, 0.4) is 0 Å². The standard InChI is InChI=1S/C23H19ClN2O3/c1-15-2-4-16(5-3-15)13-26-20-12-19(10-11-21(20)29-14-22(26)27)25-23(28)17-6-8-18(24)9-7-17/h2-12H,13-14H2,1H3,(H,25,28). The molecule has 1 aliphatic rings. The number of nitrogens with zero attached hydrogens (tertiary/aromatic N) is 1. The van der Waals surface area contributed by atoms with Crippen molar-refractivity contribution in [2.75, 3.05) is 16.8 Å². The number of rotatable bonds is 4. The highest BCUT2D eigenvalue weighted by Gasteiger charge is 2.26.